The molecule has 5 heteroatoms. The molecule has 0 aliphatic carbocycles. The van der Waals surface area contributed by atoms with Crippen LogP contribution in [0.2, 0.25) is 0 Å². The first kappa shape index (κ1) is 13.7. The van der Waals surface area contributed by atoms with Crippen molar-refractivity contribution in [2.24, 2.45) is 0 Å². The molecular weight excluding hydrogens is 246 g/mol. The maximum atomic E-state index is 11.3. The Hall–Kier alpha value is -1.75. The Kier molecular flexibility index (Phi) is 4.63. The molecule has 0 saturated carbocycles. The fourth-order valence-electron chi connectivity index (χ4n) is 1.85. The largest absolute Gasteiger partial charge is 0.490 e. The Bertz CT molecular complexity index is 447. The first-order valence-electron chi connectivity index (χ1n) is 6.40. The fraction of sp³-hybridized carbons (Fsp3) is 0.500. The van der Waals surface area contributed by atoms with E-state index >= 15 is 0 Å². The van der Waals surface area contributed by atoms with Gasteiger partial charge in [0.25, 0.3) is 0 Å². The van der Waals surface area contributed by atoms with Crippen molar-refractivity contribution in [3.63, 3.8) is 0 Å². The number of rotatable bonds is 4. The average Bonchev–Trinajstić information content (AvgIpc) is 2.68. The zero-order chi connectivity index (χ0) is 13.7. The second-order valence-electron chi connectivity index (χ2n) is 4.46. The second kappa shape index (κ2) is 6.43. The van der Waals surface area contributed by atoms with E-state index in [0.29, 0.717) is 19.8 Å². The molecule has 104 valence electrons. The predicted molar refractivity (Wildman–Crippen MR) is 70.4 cm³/mol. The normalized spacial score (nSPS) is 15.5. The van der Waals surface area contributed by atoms with Gasteiger partial charge < -0.3 is 19.5 Å². The summed E-state index contributed by atoms with van der Waals surface area (Å²) in [7, 11) is 1.38. The standard InChI is InChI=1S/C14H19NO4/c1-10(14(16)17-2)15-9-11-4-5-12-13(8-11)19-7-3-6-18-12/h4-5,8,10,15H,3,6-7,9H2,1-2H3/t10-/m0/s1. The Morgan fingerprint density at radius 3 is 2.84 bits per heavy atom. The molecule has 0 spiro atoms. The third-order valence-electron chi connectivity index (χ3n) is 2.98. The van der Waals surface area contributed by atoms with Gasteiger partial charge in [0.2, 0.25) is 0 Å². The van der Waals surface area contributed by atoms with Crippen LogP contribution in [0.4, 0.5) is 0 Å². The first-order chi connectivity index (χ1) is 9.20. The lowest BCUT2D eigenvalue weighted by Crippen LogP contribution is -2.34. The highest BCUT2D eigenvalue weighted by atomic mass is 16.5. The van der Waals surface area contributed by atoms with E-state index in [1.54, 1.807) is 6.92 Å². The molecule has 19 heavy (non-hydrogen) atoms. The summed E-state index contributed by atoms with van der Waals surface area (Å²) < 4.78 is 15.8. The van der Waals surface area contributed by atoms with Gasteiger partial charge in [0, 0.05) is 13.0 Å². The second-order valence-corrected chi connectivity index (χ2v) is 4.46. The summed E-state index contributed by atoms with van der Waals surface area (Å²) in [4.78, 5) is 11.3. The third kappa shape index (κ3) is 3.61. The van der Waals surface area contributed by atoms with Crippen LogP contribution in [0.1, 0.15) is 18.9 Å². The molecular formula is C14H19NO4. The Morgan fingerprint density at radius 1 is 1.37 bits per heavy atom. The van der Waals surface area contributed by atoms with Crippen LogP contribution >= 0.6 is 0 Å². The molecule has 0 bridgehead atoms. The molecule has 0 unspecified atom stereocenters. The molecule has 0 radical (unpaired) electrons. The number of benzene rings is 1. The van der Waals surface area contributed by atoms with Gasteiger partial charge >= 0.3 is 5.97 Å². The molecule has 5 nitrogen and oxygen atoms in total. The van der Waals surface area contributed by atoms with Gasteiger partial charge in [0.15, 0.2) is 11.5 Å². The number of fused-ring (bicyclic) bond motifs is 1. The van der Waals surface area contributed by atoms with E-state index in [4.69, 9.17) is 9.47 Å². The number of ether oxygens (including phenoxy) is 3. The van der Waals surface area contributed by atoms with E-state index in [1.807, 2.05) is 18.2 Å². The number of hydrogen-bond donors (Lipinski definition) is 1. The van der Waals surface area contributed by atoms with E-state index in [-0.39, 0.29) is 12.0 Å². The Morgan fingerprint density at radius 2 is 2.11 bits per heavy atom. The number of methoxy groups -OCH3 is 1. The average molecular weight is 265 g/mol. The summed E-state index contributed by atoms with van der Waals surface area (Å²) in [5.74, 6) is 1.28. The highest BCUT2D eigenvalue weighted by molar-refractivity contribution is 5.75. The van der Waals surface area contributed by atoms with Gasteiger partial charge in [-0.3, -0.25) is 4.79 Å². The van der Waals surface area contributed by atoms with Gasteiger partial charge in [-0.2, -0.15) is 0 Å². The lowest BCUT2D eigenvalue weighted by molar-refractivity contribution is -0.142. The van der Waals surface area contributed by atoms with Crippen molar-refractivity contribution in [2.45, 2.75) is 25.9 Å². The Labute approximate surface area is 112 Å². The van der Waals surface area contributed by atoms with Crippen molar-refractivity contribution < 1.29 is 19.0 Å². The van der Waals surface area contributed by atoms with Gasteiger partial charge in [0.05, 0.1) is 20.3 Å². The molecule has 0 saturated heterocycles. The smallest absolute Gasteiger partial charge is 0.322 e. The SMILES string of the molecule is COC(=O)[C@H](C)NCc1ccc2c(c1)OCCCO2. The van der Waals surface area contributed by atoms with Crippen molar-refractivity contribution in [2.75, 3.05) is 20.3 Å². The highest BCUT2D eigenvalue weighted by Crippen LogP contribution is 2.30. The molecule has 2 rings (SSSR count). The minimum atomic E-state index is -0.332. The summed E-state index contributed by atoms with van der Waals surface area (Å²) in [6.07, 6.45) is 0.891. The fourth-order valence-corrected chi connectivity index (χ4v) is 1.85. The van der Waals surface area contributed by atoms with Crippen molar-refractivity contribution in [1.29, 1.82) is 0 Å². The van der Waals surface area contributed by atoms with Gasteiger partial charge in [0.1, 0.15) is 6.04 Å². The molecule has 1 atom stereocenters. The van der Waals surface area contributed by atoms with E-state index in [1.165, 1.54) is 7.11 Å². The third-order valence-corrected chi connectivity index (χ3v) is 2.98. The number of esters is 1. The van der Waals surface area contributed by atoms with Crippen LogP contribution in [-0.4, -0.2) is 32.3 Å². The van der Waals surface area contributed by atoms with Crippen LogP contribution in [0, 0.1) is 0 Å². The molecule has 1 aromatic carbocycles. The van der Waals surface area contributed by atoms with Crippen molar-refractivity contribution in [3.05, 3.63) is 23.8 Å². The van der Waals surface area contributed by atoms with Gasteiger partial charge in [-0.05, 0) is 24.6 Å². The summed E-state index contributed by atoms with van der Waals surface area (Å²) in [5, 5.41) is 3.10. The van der Waals surface area contributed by atoms with Crippen LogP contribution in [0.25, 0.3) is 0 Å². The van der Waals surface area contributed by atoms with Gasteiger partial charge in [-0.15, -0.1) is 0 Å². The zero-order valence-corrected chi connectivity index (χ0v) is 11.3. The molecule has 1 aromatic rings. The number of carbonyl (C=O) groups is 1. The monoisotopic (exact) mass is 265 g/mol. The maximum Gasteiger partial charge on any atom is 0.322 e. The van der Waals surface area contributed by atoms with Gasteiger partial charge in [-0.1, -0.05) is 6.07 Å². The number of carbonyl (C=O) groups excluding carboxylic acids is 1. The summed E-state index contributed by atoms with van der Waals surface area (Å²) in [6, 6.07) is 5.48. The highest BCUT2D eigenvalue weighted by Gasteiger charge is 2.14. The summed E-state index contributed by atoms with van der Waals surface area (Å²) >= 11 is 0. The molecule has 0 fully saturated rings. The minimum Gasteiger partial charge on any atom is -0.490 e. The van der Waals surface area contributed by atoms with Crippen molar-refractivity contribution in [3.8, 4) is 11.5 Å². The lowest BCUT2D eigenvalue weighted by Gasteiger charge is -2.13. The quantitative estimate of drug-likeness (QED) is 0.836. The Balaban J connectivity index is 1.98. The zero-order valence-electron chi connectivity index (χ0n) is 11.3. The van der Waals surface area contributed by atoms with E-state index < -0.39 is 0 Å². The first-order valence-corrected chi connectivity index (χ1v) is 6.40. The van der Waals surface area contributed by atoms with Crippen molar-refractivity contribution in [1.82, 2.24) is 5.32 Å². The topological polar surface area (TPSA) is 56.8 Å². The van der Waals surface area contributed by atoms with Crippen molar-refractivity contribution >= 4 is 5.97 Å². The van der Waals surface area contributed by atoms with Gasteiger partial charge in [-0.25, -0.2) is 0 Å². The molecule has 0 aromatic heterocycles. The predicted octanol–water partition coefficient (Wildman–Crippen LogP) is 1.50. The number of nitrogens with one attached hydrogen (secondary N) is 1. The number of hydrogen-bond acceptors (Lipinski definition) is 5. The molecule has 1 heterocycles. The van der Waals surface area contributed by atoms with Crippen LogP contribution in [0.5, 0.6) is 11.5 Å². The van der Waals surface area contributed by atoms with Crippen LogP contribution in [0.3, 0.4) is 0 Å². The minimum absolute atomic E-state index is 0.269. The van der Waals surface area contributed by atoms with E-state index in [0.717, 1.165) is 23.5 Å². The molecule has 1 aliphatic heterocycles. The lowest BCUT2D eigenvalue weighted by atomic mass is 10.2. The van der Waals surface area contributed by atoms with E-state index in [2.05, 4.69) is 10.1 Å². The molecule has 0 amide bonds. The summed E-state index contributed by atoms with van der Waals surface area (Å²) in [5.41, 5.74) is 1.04. The van der Waals surface area contributed by atoms with Crippen LogP contribution in [-0.2, 0) is 16.1 Å². The van der Waals surface area contributed by atoms with E-state index in [9.17, 15) is 4.79 Å². The maximum absolute atomic E-state index is 11.3. The molecule has 1 aliphatic rings. The van der Waals surface area contributed by atoms with Crippen LogP contribution < -0.4 is 14.8 Å². The van der Waals surface area contributed by atoms with Crippen LogP contribution in [0.15, 0.2) is 18.2 Å². The molecule has 1 N–H and O–H groups in total. The summed E-state index contributed by atoms with van der Waals surface area (Å²) in [6.45, 7) is 3.70.